The van der Waals surface area contributed by atoms with Gasteiger partial charge in [-0.2, -0.15) is 0 Å². The van der Waals surface area contributed by atoms with Crippen molar-refractivity contribution in [1.29, 1.82) is 0 Å². The van der Waals surface area contributed by atoms with Crippen LogP contribution in [0.5, 0.6) is 5.75 Å². The summed E-state index contributed by atoms with van der Waals surface area (Å²) in [6.07, 6.45) is 1.73. The van der Waals surface area contributed by atoms with Crippen LogP contribution in [0.3, 0.4) is 0 Å². The number of amides is 2. The number of rotatable bonds is 5. The van der Waals surface area contributed by atoms with E-state index in [1.54, 1.807) is 31.3 Å². The number of thiophene rings is 1. The second-order valence-corrected chi connectivity index (χ2v) is 7.69. The third-order valence-electron chi connectivity index (χ3n) is 3.66. The molecule has 140 valence electrons. The summed E-state index contributed by atoms with van der Waals surface area (Å²) in [6.45, 7) is 0. The summed E-state index contributed by atoms with van der Waals surface area (Å²) < 4.78 is 5.17. The van der Waals surface area contributed by atoms with Gasteiger partial charge in [-0.1, -0.05) is 29.4 Å². The van der Waals surface area contributed by atoms with Crippen LogP contribution in [-0.2, 0) is 9.59 Å². The van der Waals surface area contributed by atoms with Crippen LogP contribution in [0.4, 0.5) is 5.69 Å². The zero-order chi connectivity index (χ0) is 19.4. The predicted molar refractivity (Wildman–Crippen MR) is 112 cm³/mol. The fourth-order valence-corrected chi connectivity index (χ4v) is 4.11. The lowest BCUT2D eigenvalue weighted by molar-refractivity contribution is -0.118. The van der Waals surface area contributed by atoms with E-state index in [0.29, 0.717) is 27.3 Å². The summed E-state index contributed by atoms with van der Waals surface area (Å²) in [5, 5.41) is 5.29. The van der Waals surface area contributed by atoms with Gasteiger partial charge in [0.15, 0.2) is 5.17 Å². The minimum absolute atomic E-state index is 0.148. The van der Waals surface area contributed by atoms with E-state index in [9.17, 15) is 9.59 Å². The molecule has 2 heterocycles. The molecule has 1 aliphatic rings. The Bertz CT molecular complexity index is 926. The molecular formula is C18H16ClN3O3S2. The van der Waals surface area contributed by atoms with Crippen molar-refractivity contribution in [3.8, 4) is 5.75 Å². The van der Waals surface area contributed by atoms with E-state index in [4.69, 9.17) is 16.3 Å². The van der Waals surface area contributed by atoms with Gasteiger partial charge in [0.05, 0.1) is 23.6 Å². The van der Waals surface area contributed by atoms with Crippen LogP contribution in [0, 0.1) is 0 Å². The summed E-state index contributed by atoms with van der Waals surface area (Å²) in [4.78, 5) is 31.4. The van der Waals surface area contributed by atoms with E-state index >= 15 is 0 Å². The van der Waals surface area contributed by atoms with Gasteiger partial charge in [0, 0.05) is 11.9 Å². The summed E-state index contributed by atoms with van der Waals surface area (Å²) >= 11 is 8.92. The van der Waals surface area contributed by atoms with Crippen molar-refractivity contribution in [3.05, 3.63) is 51.3 Å². The Hall–Kier alpha value is -2.29. The molecule has 0 saturated heterocycles. The zero-order valence-corrected chi connectivity index (χ0v) is 17.0. The molecule has 3 rings (SSSR count). The standard InChI is InChI=1S/C18H16ClN3O3S2/c1-20-16(23)10-27-18-21-14(9-12-4-3-7-26-12)17(24)22(18)11-5-6-15(25-2)13(19)8-11/h3-9H,10H2,1-2H3,(H,20,23). The zero-order valence-electron chi connectivity index (χ0n) is 14.6. The molecule has 0 saturated carbocycles. The summed E-state index contributed by atoms with van der Waals surface area (Å²) in [7, 11) is 3.09. The third-order valence-corrected chi connectivity index (χ3v) is 5.71. The first kappa shape index (κ1) is 19.5. The number of hydrogen-bond donors (Lipinski definition) is 1. The first-order chi connectivity index (χ1) is 13.0. The maximum absolute atomic E-state index is 13.0. The Morgan fingerprint density at radius 2 is 2.26 bits per heavy atom. The van der Waals surface area contributed by atoms with Crippen molar-refractivity contribution in [3.63, 3.8) is 0 Å². The molecule has 1 aliphatic heterocycles. The van der Waals surface area contributed by atoms with Crippen LogP contribution in [0.2, 0.25) is 5.02 Å². The number of nitrogens with zero attached hydrogens (tertiary/aromatic N) is 2. The van der Waals surface area contributed by atoms with Gasteiger partial charge in [0.2, 0.25) is 5.91 Å². The van der Waals surface area contributed by atoms with E-state index in [-0.39, 0.29) is 17.6 Å². The highest BCUT2D eigenvalue weighted by molar-refractivity contribution is 8.14. The van der Waals surface area contributed by atoms with Gasteiger partial charge in [-0.3, -0.25) is 14.5 Å². The van der Waals surface area contributed by atoms with Gasteiger partial charge in [-0.25, -0.2) is 4.99 Å². The Morgan fingerprint density at radius 3 is 2.89 bits per heavy atom. The predicted octanol–water partition coefficient (Wildman–Crippen LogP) is 3.63. The van der Waals surface area contributed by atoms with Crippen LogP contribution in [-0.4, -0.2) is 36.9 Å². The Balaban J connectivity index is 1.96. The SMILES string of the molecule is CNC(=O)CSC1=NC(=Cc2cccs2)C(=O)N1c1ccc(OC)c(Cl)c1. The van der Waals surface area contributed by atoms with Crippen LogP contribution >= 0.6 is 34.7 Å². The molecule has 9 heteroatoms. The summed E-state index contributed by atoms with van der Waals surface area (Å²) in [5.74, 6) is 0.232. The molecule has 27 heavy (non-hydrogen) atoms. The van der Waals surface area contributed by atoms with Gasteiger partial charge in [0.25, 0.3) is 5.91 Å². The largest absolute Gasteiger partial charge is 0.495 e. The molecule has 0 fully saturated rings. The normalized spacial score (nSPS) is 15.2. The van der Waals surface area contributed by atoms with Crippen LogP contribution in [0.25, 0.3) is 6.08 Å². The van der Waals surface area contributed by atoms with Gasteiger partial charge >= 0.3 is 0 Å². The molecule has 1 aromatic carbocycles. The van der Waals surface area contributed by atoms with E-state index < -0.39 is 0 Å². The number of carbonyl (C=O) groups is 2. The number of aliphatic imine (C=N–C) groups is 1. The smallest absolute Gasteiger partial charge is 0.283 e. The summed E-state index contributed by atoms with van der Waals surface area (Å²) in [6, 6.07) is 8.87. The highest BCUT2D eigenvalue weighted by Crippen LogP contribution is 2.34. The molecule has 0 radical (unpaired) electrons. The van der Waals surface area contributed by atoms with E-state index in [2.05, 4.69) is 10.3 Å². The quantitative estimate of drug-likeness (QED) is 0.748. The average Bonchev–Trinajstić information content (AvgIpc) is 3.28. The van der Waals surface area contributed by atoms with Crippen molar-refractivity contribution >= 4 is 63.4 Å². The molecule has 1 N–H and O–H groups in total. The maximum Gasteiger partial charge on any atom is 0.283 e. The van der Waals surface area contributed by atoms with Crippen molar-refractivity contribution < 1.29 is 14.3 Å². The number of halogens is 1. The molecule has 6 nitrogen and oxygen atoms in total. The maximum atomic E-state index is 13.0. The fraction of sp³-hybridized carbons (Fsp3) is 0.167. The molecule has 0 atom stereocenters. The molecule has 0 bridgehead atoms. The monoisotopic (exact) mass is 421 g/mol. The number of benzene rings is 1. The molecule has 0 aliphatic carbocycles. The van der Waals surface area contributed by atoms with Crippen molar-refractivity contribution in [2.24, 2.45) is 4.99 Å². The second kappa shape index (κ2) is 8.60. The molecule has 2 amide bonds. The topological polar surface area (TPSA) is 71.0 Å². The number of carbonyl (C=O) groups excluding carboxylic acids is 2. The Kier molecular flexibility index (Phi) is 6.20. The number of hydrogen-bond acceptors (Lipinski definition) is 6. The fourth-order valence-electron chi connectivity index (χ4n) is 2.33. The minimum Gasteiger partial charge on any atom is -0.495 e. The third kappa shape index (κ3) is 4.35. The van der Waals surface area contributed by atoms with Gasteiger partial charge in [0.1, 0.15) is 11.4 Å². The number of amidine groups is 1. The summed E-state index contributed by atoms with van der Waals surface area (Å²) in [5.41, 5.74) is 0.868. The van der Waals surface area contributed by atoms with Crippen molar-refractivity contribution in [1.82, 2.24) is 5.32 Å². The van der Waals surface area contributed by atoms with Crippen LogP contribution in [0.15, 0.2) is 46.4 Å². The average molecular weight is 422 g/mol. The van der Waals surface area contributed by atoms with E-state index in [1.807, 2.05) is 17.5 Å². The first-order valence-electron chi connectivity index (χ1n) is 7.88. The lowest BCUT2D eigenvalue weighted by Gasteiger charge is -2.18. The van der Waals surface area contributed by atoms with E-state index in [0.717, 1.165) is 4.88 Å². The van der Waals surface area contributed by atoms with Crippen LogP contribution in [0.1, 0.15) is 4.88 Å². The molecule has 2 aromatic rings. The lowest BCUT2D eigenvalue weighted by atomic mass is 10.2. The Labute approximate surface area is 169 Å². The molecule has 0 spiro atoms. The molecular weight excluding hydrogens is 406 g/mol. The molecule has 0 unspecified atom stereocenters. The lowest BCUT2D eigenvalue weighted by Crippen LogP contribution is -2.31. The second-order valence-electron chi connectivity index (χ2n) is 5.36. The van der Waals surface area contributed by atoms with Gasteiger partial charge < -0.3 is 10.1 Å². The van der Waals surface area contributed by atoms with Gasteiger partial charge in [-0.15, -0.1) is 11.3 Å². The number of nitrogens with one attached hydrogen (secondary N) is 1. The molecule has 1 aromatic heterocycles. The van der Waals surface area contributed by atoms with Crippen molar-refractivity contribution in [2.45, 2.75) is 0 Å². The van der Waals surface area contributed by atoms with E-state index in [1.165, 1.54) is 35.1 Å². The van der Waals surface area contributed by atoms with Crippen LogP contribution < -0.4 is 15.0 Å². The minimum atomic E-state index is -0.274. The first-order valence-corrected chi connectivity index (χ1v) is 10.1. The number of methoxy groups -OCH3 is 1. The Morgan fingerprint density at radius 1 is 1.44 bits per heavy atom. The number of anilines is 1. The number of ether oxygens (including phenoxy) is 1. The van der Waals surface area contributed by atoms with Gasteiger partial charge in [-0.05, 0) is 35.7 Å². The highest BCUT2D eigenvalue weighted by atomic mass is 35.5. The highest BCUT2D eigenvalue weighted by Gasteiger charge is 2.32. The number of thioether (sulfide) groups is 1. The van der Waals surface area contributed by atoms with Crippen molar-refractivity contribution in [2.75, 3.05) is 24.8 Å².